The third-order valence-electron chi connectivity index (χ3n) is 3.98. The predicted octanol–water partition coefficient (Wildman–Crippen LogP) is 1.67. The zero-order chi connectivity index (χ0) is 11.9. The molecule has 4 nitrogen and oxygen atoms in total. The topological polar surface area (TPSA) is 51.2 Å². The molecule has 2 fully saturated rings. The van der Waals surface area contributed by atoms with Gasteiger partial charge in [-0.15, -0.1) is 0 Å². The SMILES string of the molecule is C.CC(=O)C1CCCC[N+]12C(=O)CC(C)C2=O. The Balaban J connectivity index is 0.00000144. The molecular formula is C13H22NO3+. The van der Waals surface area contributed by atoms with Crippen LogP contribution in [0.3, 0.4) is 0 Å². The Morgan fingerprint density at radius 3 is 2.41 bits per heavy atom. The first-order valence-electron chi connectivity index (χ1n) is 5.96. The number of quaternary nitrogens is 1. The zero-order valence-corrected chi connectivity index (χ0v) is 9.86. The second kappa shape index (κ2) is 4.69. The van der Waals surface area contributed by atoms with Crippen molar-refractivity contribution in [2.75, 3.05) is 6.54 Å². The molecular weight excluding hydrogens is 218 g/mol. The van der Waals surface area contributed by atoms with Crippen molar-refractivity contribution in [2.45, 2.75) is 53.0 Å². The number of carbonyl (C=O) groups excluding carboxylic acids is 3. The minimum absolute atomic E-state index is 0. The molecule has 0 bridgehead atoms. The van der Waals surface area contributed by atoms with E-state index < -0.39 is 6.04 Å². The van der Waals surface area contributed by atoms with Gasteiger partial charge in [0.2, 0.25) is 0 Å². The van der Waals surface area contributed by atoms with E-state index in [0.29, 0.717) is 19.4 Å². The Labute approximate surface area is 103 Å². The molecule has 0 saturated carbocycles. The summed E-state index contributed by atoms with van der Waals surface area (Å²) in [5, 5.41) is 0. The van der Waals surface area contributed by atoms with Gasteiger partial charge in [0, 0.05) is 13.3 Å². The number of hydrogen-bond acceptors (Lipinski definition) is 3. The first-order chi connectivity index (χ1) is 7.50. The molecule has 0 N–H and O–H groups in total. The lowest BCUT2D eigenvalue weighted by atomic mass is 9.95. The highest BCUT2D eigenvalue weighted by molar-refractivity contribution is 5.97. The second-order valence-electron chi connectivity index (χ2n) is 5.05. The smallest absolute Gasteiger partial charge is 0.293 e. The van der Waals surface area contributed by atoms with Gasteiger partial charge in [0.25, 0.3) is 0 Å². The summed E-state index contributed by atoms with van der Waals surface area (Å²) in [5.74, 6) is -0.315. The molecule has 17 heavy (non-hydrogen) atoms. The number of nitrogens with zero attached hydrogens (tertiary/aromatic N) is 1. The van der Waals surface area contributed by atoms with E-state index in [4.69, 9.17) is 0 Å². The van der Waals surface area contributed by atoms with Gasteiger partial charge in [-0.2, -0.15) is 4.48 Å². The summed E-state index contributed by atoms with van der Waals surface area (Å²) in [6, 6.07) is -0.404. The largest absolute Gasteiger partial charge is 0.325 e. The van der Waals surface area contributed by atoms with Gasteiger partial charge in [0.05, 0.1) is 18.9 Å². The Hall–Kier alpha value is -1.03. The van der Waals surface area contributed by atoms with Crippen LogP contribution >= 0.6 is 0 Å². The number of amides is 2. The maximum atomic E-state index is 12.2. The molecule has 2 rings (SSSR count). The number of imide groups is 1. The van der Waals surface area contributed by atoms with E-state index in [0.717, 1.165) is 12.8 Å². The van der Waals surface area contributed by atoms with Crippen molar-refractivity contribution in [3.63, 3.8) is 0 Å². The highest BCUT2D eigenvalue weighted by atomic mass is 16.2. The number of Topliss-reactive ketones (excluding diaryl/α,β-unsaturated/α-hetero) is 1. The van der Waals surface area contributed by atoms with Crippen molar-refractivity contribution in [3.8, 4) is 0 Å². The van der Waals surface area contributed by atoms with Crippen molar-refractivity contribution >= 4 is 17.6 Å². The normalized spacial score (nSPS) is 37.1. The molecule has 0 aromatic carbocycles. The molecule has 2 amide bonds. The van der Waals surface area contributed by atoms with Crippen LogP contribution in [0.4, 0.5) is 0 Å². The number of rotatable bonds is 1. The molecule has 3 unspecified atom stereocenters. The summed E-state index contributed by atoms with van der Waals surface area (Å²) in [7, 11) is 0. The Kier molecular flexibility index (Phi) is 3.87. The molecule has 0 aromatic heterocycles. The van der Waals surface area contributed by atoms with Gasteiger partial charge in [0.15, 0.2) is 11.8 Å². The van der Waals surface area contributed by atoms with Crippen LogP contribution in [0.5, 0.6) is 0 Å². The van der Waals surface area contributed by atoms with Gasteiger partial charge in [-0.1, -0.05) is 7.43 Å². The average molecular weight is 240 g/mol. The fourth-order valence-electron chi connectivity index (χ4n) is 3.18. The molecule has 0 radical (unpaired) electrons. The standard InChI is InChI=1S/C12H18NO3.CH4/c1-8-7-11(15)13(12(8)16)6-4-3-5-10(13)9(2)14;/h8,10H,3-7H2,1-2H3;1H4/q+1;. The second-order valence-corrected chi connectivity index (χ2v) is 5.05. The van der Waals surface area contributed by atoms with Crippen LogP contribution in [-0.4, -0.2) is 34.7 Å². The van der Waals surface area contributed by atoms with Crippen LogP contribution in [0.25, 0.3) is 0 Å². The van der Waals surface area contributed by atoms with E-state index >= 15 is 0 Å². The highest BCUT2D eigenvalue weighted by Gasteiger charge is 2.60. The first kappa shape index (κ1) is 14.0. The molecule has 0 aliphatic carbocycles. The number of ketones is 1. The van der Waals surface area contributed by atoms with Gasteiger partial charge in [-0.3, -0.25) is 4.79 Å². The van der Waals surface area contributed by atoms with E-state index in [1.165, 1.54) is 6.92 Å². The maximum Gasteiger partial charge on any atom is 0.325 e. The van der Waals surface area contributed by atoms with Crippen molar-refractivity contribution in [2.24, 2.45) is 5.92 Å². The molecule has 2 aliphatic rings. The van der Waals surface area contributed by atoms with Crippen molar-refractivity contribution < 1.29 is 18.9 Å². The zero-order valence-electron chi connectivity index (χ0n) is 9.86. The third kappa shape index (κ3) is 1.84. The van der Waals surface area contributed by atoms with E-state index in [1.54, 1.807) is 6.92 Å². The van der Waals surface area contributed by atoms with Gasteiger partial charge in [-0.05, 0) is 19.8 Å². The monoisotopic (exact) mass is 240 g/mol. The Morgan fingerprint density at radius 2 is 1.94 bits per heavy atom. The summed E-state index contributed by atoms with van der Waals surface area (Å²) < 4.78 is -0.170. The van der Waals surface area contributed by atoms with Gasteiger partial charge < -0.3 is 0 Å². The van der Waals surface area contributed by atoms with E-state index in [1.807, 2.05) is 0 Å². The van der Waals surface area contributed by atoms with Crippen LogP contribution in [-0.2, 0) is 14.4 Å². The minimum atomic E-state index is -0.404. The molecule has 4 heteroatoms. The van der Waals surface area contributed by atoms with Crippen molar-refractivity contribution in [1.82, 2.24) is 0 Å². The van der Waals surface area contributed by atoms with Gasteiger partial charge >= 0.3 is 11.8 Å². The number of hydrogen-bond donors (Lipinski definition) is 0. The summed E-state index contributed by atoms with van der Waals surface area (Å²) in [6.07, 6.45) is 2.80. The van der Waals surface area contributed by atoms with E-state index in [2.05, 4.69) is 0 Å². The maximum absolute atomic E-state index is 12.2. The van der Waals surface area contributed by atoms with Gasteiger partial charge in [-0.25, -0.2) is 9.59 Å². The predicted molar refractivity (Wildman–Crippen MR) is 64.0 cm³/mol. The van der Waals surface area contributed by atoms with E-state index in [-0.39, 0.29) is 35.4 Å². The number of carbonyl (C=O) groups is 3. The quantitative estimate of drug-likeness (QED) is 0.517. The molecule has 2 heterocycles. The highest BCUT2D eigenvalue weighted by Crippen LogP contribution is 2.36. The molecule has 96 valence electrons. The summed E-state index contributed by atoms with van der Waals surface area (Å²) in [4.78, 5) is 35.9. The van der Waals surface area contributed by atoms with Crippen molar-refractivity contribution in [1.29, 1.82) is 0 Å². The fourth-order valence-corrected chi connectivity index (χ4v) is 3.18. The van der Waals surface area contributed by atoms with Crippen LogP contribution in [0.1, 0.15) is 47.0 Å². The van der Waals surface area contributed by atoms with Gasteiger partial charge in [0.1, 0.15) is 0 Å². The fraction of sp³-hybridized carbons (Fsp3) is 0.769. The number of piperidine rings is 1. The Bertz CT molecular complexity index is 364. The molecule has 2 saturated heterocycles. The van der Waals surface area contributed by atoms with Crippen molar-refractivity contribution in [3.05, 3.63) is 0 Å². The molecule has 2 aliphatic heterocycles. The lowest BCUT2D eigenvalue weighted by Crippen LogP contribution is -2.64. The summed E-state index contributed by atoms with van der Waals surface area (Å²) >= 11 is 0. The summed E-state index contributed by atoms with van der Waals surface area (Å²) in [5.41, 5.74) is 0. The first-order valence-corrected chi connectivity index (χ1v) is 5.96. The van der Waals surface area contributed by atoms with Crippen LogP contribution in [0, 0.1) is 5.92 Å². The molecule has 3 atom stereocenters. The molecule has 0 aromatic rings. The minimum Gasteiger partial charge on any atom is -0.293 e. The lowest BCUT2D eigenvalue weighted by molar-refractivity contribution is -0.797. The Morgan fingerprint density at radius 1 is 1.29 bits per heavy atom. The third-order valence-corrected chi connectivity index (χ3v) is 3.98. The van der Waals surface area contributed by atoms with Crippen LogP contribution in [0.2, 0.25) is 0 Å². The van der Waals surface area contributed by atoms with Crippen LogP contribution in [0.15, 0.2) is 0 Å². The summed E-state index contributed by atoms with van der Waals surface area (Å²) in [6.45, 7) is 3.82. The van der Waals surface area contributed by atoms with E-state index in [9.17, 15) is 14.4 Å². The lowest BCUT2D eigenvalue weighted by Gasteiger charge is -2.38. The average Bonchev–Trinajstić information content (AvgIpc) is 2.45. The molecule has 1 spiro atoms. The van der Waals surface area contributed by atoms with Crippen LogP contribution < -0.4 is 0 Å².